The van der Waals surface area contributed by atoms with Crippen LogP contribution in [0.15, 0.2) is 18.3 Å². The number of aryl methyl sites for hydroxylation is 2. The quantitative estimate of drug-likeness (QED) is 0.844. The first-order valence-corrected chi connectivity index (χ1v) is 5.74. The van der Waals surface area contributed by atoms with Crippen LogP contribution in [0.2, 0.25) is 0 Å². The highest BCUT2D eigenvalue weighted by Gasteiger charge is 2.12. The van der Waals surface area contributed by atoms with E-state index in [9.17, 15) is 4.79 Å². The Kier molecular flexibility index (Phi) is 3.19. The molecule has 0 unspecified atom stereocenters. The number of methoxy groups -OCH3 is 1. The molecular weight excluding hydrogens is 228 g/mol. The molecule has 94 valence electrons. The van der Waals surface area contributed by atoms with Crippen LogP contribution < -0.4 is 4.74 Å². The van der Waals surface area contributed by atoms with E-state index >= 15 is 0 Å². The van der Waals surface area contributed by atoms with Crippen LogP contribution in [-0.2, 0) is 0 Å². The number of Topliss-reactive ketones (excluding diaryl/α,β-unsaturated/α-hetero) is 1. The van der Waals surface area contributed by atoms with Crippen LogP contribution in [-0.4, -0.2) is 22.9 Å². The minimum atomic E-state index is -0.0796. The summed E-state index contributed by atoms with van der Waals surface area (Å²) in [6.45, 7) is 5.57. The molecule has 0 fully saturated rings. The fourth-order valence-corrected chi connectivity index (χ4v) is 1.81. The Balaban J connectivity index is 2.55. The average Bonchev–Trinajstić information content (AvgIpc) is 2.81. The van der Waals surface area contributed by atoms with Gasteiger partial charge in [-0.3, -0.25) is 4.79 Å². The third-order valence-corrected chi connectivity index (χ3v) is 3.02. The lowest BCUT2D eigenvalue weighted by Crippen LogP contribution is -1.95. The minimum Gasteiger partial charge on any atom is -0.496 e. The van der Waals surface area contributed by atoms with Gasteiger partial charge in [-0.2, -0.15) is 0 Å². The summed E-state index contributed by atoms with van der Waals surface area (Å²) in [5.41, 5.74) is 4.05. The van der Waals surface area contributed by atoms with Gasteiger partial charge >= 0.3 is 0 Å². The smallest absolute Gasteiger partial charge is 0.194 e. The number of hydrogen-bond donors (Lipinski definition) is 1. The molecule has 1 heterocycles. The van der Waals surface area contributed by atoms with Gasteiger partial charge in [0.2, 0.25) is 0 Å². The molecule has 0 atom stereocenters. The van der Waals surface area contributed by atoms with E-state index in [0.29, 0.717) is 5.82 Å². The summed E-state index contributed by atoms with van der Waals surface area (Å²) < 4.78 is 5.37. The fourth-order valence-electron chi connectivity index (χ4n) is 1.81. The van der Waals surface area contributed by atoms with E-state index in [1.54, 1.807) is 13.3 Å². The first-order valence-electron chi connectivity index (χ1n) is 5.74. The molecule has 1 N–H and O–H groups in total. The molecule has 4 nitrogen and oxygen atoms in total. The van der Waals surface area contributed by atoms with Crippen molar-refractivity contribution in [2.24, 2.45) is 0 Å². The number of nitrogens with one attached hydrogen (secondary N) is 1. The third-order valence-electron chi connectivity index (χ3n) is 3.02. The maximum atomic E-state index is 11.2. The number of rotatable bonds is 3. The zero-order valence-corrected chi connectivity index (χ0v) is 11.0. The van der Waals surface area contributed by atoms with Crippen molar-refractivity contribution in [3.05, 3.63) is 35.3 Å². The van der Waals surface area contributed by atoms with Gasteiger partial charge in [0.05, 0.1) is 19.0 Å². The number of H-pyrrole nitrogens is 1. The molecular formula is C14H16N2O2. The SMILES string of the molecule is COc1cc(C)c(C)cc1-c1cnc(C(C)=O)[nH]1. The highest BCUT2D eigenvalue weighted by Crippen LogP contribution is 2.31. The zero-order valence-electron chi connectivity index (χ0n) is 11.0. The lowest BCUT2D eigenvalue weighted by Gasteiger charge is -2.10. The molecule has 0 saturated heterocycles. The summed E-state index contributed by atoms with van der Waals surface area (Å²) in [5, 5.41) is 0. The van der Waals surface area contributed by atoms with E-state index in [4.69, 9.17) is 4.74 Å². The molecule has 0 aliphatic heterocycles. The van der Waals surface area contributed by atoms with Gasteiger partial charge in [0.25, 0.3) is 0 Å². The number of aromatic nitrogens is 2. The van der Waals surface area contributed by atoms with Crippen LogP contribution >= 0.6 is 0 Å². The molecule has 0 amide bonds. The van der Waals surface area contributed by atoms with Gasteiger partial charge < -0.3 is 9.72 Å². The molecule has 2 aromatic rings. The lowest BCUT2D eigenvalue weighted by atomic mass is 10.0. The highest BCUT2D eigenvalue weighted by atomic mass is 16.5. The molecule has 0 aliphatic carbocycles. The molecule has 0 spiro atoms. The summed E-state index contributed by atoms with van der Waals surface area (Å²) in [5.74, 6) is 1.06. The van der Waals surface area contributed by atoms with Crippen molar-refractivity contribution in [2.45, 2.75) is 20.8 Å². The Morgan fingerprint density at radius 3 is 2.50 bits per heavy atom. The van der Waals surface area contributed by atoms with Gasteiger partial charge in [0, 0.05) is 12.5 Å². The summed E-state index contributed by atoms with van der Waals surface area (Å²) >= 11 is 0. The summed E-state index contributed by atoms with van der Waals surface area (Å²) in [6.07, 6.45) is 1.66. The van der Waals surface area contributed by atoms with E-state index in [1.165, 1.54) is 18.1 Å². The van der Waals surface area contributed by atoms with Crippen molar-refractivity contribution >= 4 is 5.78 Å². The summed E-state index contributed by atoms with van der Waals surface area (Å²) in [6, 6.07) is 4.02. The van der Waals surface area contributed by atoms with Crippen LogP contribution in [0.25, 0.3) is 11.3 Å². The highest BCUT2D eigenvalue weighted by molar-refractivity contribution is 5.91. The molecule has 0 bridgehead atoms. The fraction of sp³-hybridized carbons (Fsp3) is 0.286. The van der Waals surface area contributed by atoms with Crippen LogP contribution in [0.4, 0.5) is 0 Å². The van der Waals surface area contributed by atoms with Gasteiger partial charge in [0.15, 0.2) is 11.6 Å². The zero-order chi connectivity index (χ0) is 13.3. The second kappa shape index (κ2) is 4.64. The molecule has 4 heteroatoms. The Bertz CT molecular complexity index is 600. The van der Waals surface area contributed by atoms with E-state index in [1.807, 2.05) is 26.0 Å². The summed E-state index contributed by atoms with van der Waals surface area (Å²) in [7, 11) is 1.63. The van der Waals surface area contributed by atoms with Gasteiger partial charge in [-0.25, -0.2) is 4.98 Å². The van der Waals surface area contributed by atoms with Gasteiger partial charge in [0.1, 0.15) is 5.75 Å². The standard InChI is InChI=1S/C14H16N2O2/c1-8-5-11(13(18-4)6-9(8)2)12-7-15-14(16-12)10(3)17/h5-7H,1-4H3,(H,15,16). The average molecular weight is 244 g/mol. The Labute approximate surface area is 106 Å². The van der Waals surface area contributed by atoms with Crippen molar-refractivity contribution in [3.63, 3.8) is 0 Å². The van der Waals surface area contributed by atoms with Crippen LogP contribution in [0.1, 0.15) is 28.7 Å². The summed E-state index contributed by atoms with van der Waals surface area (Å²) in [4.78, 5) is 18.3. The van der Waals surface area contributed by atoms with Crippen molar-refractivity contribution in [2.75, 3.05) is 7.11 Å². The maximum absolute atomic E-state index is 11.2. The number of imidazole rings is 1. The Hall–Kier alpha value is -2.10. The topological polar surface area (TPSA) is 55.0 Å². The van der Waals surface area contributed by atoms with Gasteiger partial charge in [-0.05, 0) is 37.1 Å². The van der Waals surface area contributed by atoms with Crippen molar-refractivity contribution in [3.8, 4) is 17.0 Å². The van der Waals surface area contributed by atoms with Crippen molar-refractivity contribution < 1.29 is 9.53 Å². The van der Waals surface area contributed by atoms with Crippen LogP contribution in [0.3, 0.4) is 0 Å². The molecule has 0 radical (unpaired) electrons. The second-order valence-electron chi connectivity index (χ2n) is 4.34. The Morgan fingerprint density at radius 2 is 1.94 bits per heavy atom. The van der Waals surface area contributed by atoms with E-state index in [0.717, 1.165) is 17.0 Å². The van der Waals surface area contributed by atoms with Gasteiger partial charge in [-0.1, -0.05) is 0 Å². The molecule has 1 aromatic carbocycles. The number of nitrogens with zero attached hydrogens (tertiary/aromatic N) is 1. The van der Waals surface area contributed by atoms with Crippen molar-refractivity contribution in [1.82, 2.24) is 9.97 Å². The molecule has 0 saturated carbocycles. The number of hydrogen-bond acceptors (Lipinski definition) is 3. The van der Waals surface area contributed by atoms with Gasteiger partial charge in [-0.15, -0.1) is 0 Å². The number of aromatic amines is 1. The van der Waals surface area contributed by atoms with E-state index < -0.39 is 0 Å². The molecule has 1 aromatic heterocycles. The third kappa shape index (κ3) is 2.14. The number of ether oxygens (including phenoxy) is 1. The number of ketones is 1. The maximum Gasteiger partial charge on any atom is 0.194 e. The first kappa shape index (κ1) is 12.4. The molecule has 2 rings (SSSR count). The first-order chi connectivity index (χ1) is 8.52. The monoisotopic (exact) mass is 244 g/mol. The van der Waals surface area contributed by atoms with Crippen molar-refractivity contribution in [1.29, 1.82) is 0 Å². The second-order valence-corrected chi connectivity index (χ2v) is 4.34. The number of benzene rings is 1. The van der Waals surface area contributed by atoms with E-state index in [-0.39, 0.29) is 5.78 Å². The normalized spacial score (nSPS) is 10.4. The molecule has 0 aliphatic rings. The predicted octanol–water partition coefficient (Wildman–Crippen LogP) is 2.90. The molecule has 18 heavy (non-hydrogen) atoms. The largest absolute Gasteiger partial charge is 0.496 e. The number of carbonyl (C=O) groups is 1. The van der Waals surface area contributed by atoms with Crippen LogP contribution in [0, 0.1) is 13.8 Å². The van der Waals surface area contributed by atoms with Crippen LogP contribution in [0.5, 0.6) is 5.75 Å². The minimum absolute atomic E-state index is 0.0796. The lowest BCUT2D eigenvalue weighted by molar-refractivity contribution is 0.100. The van der Waals surface area contributed by atoms with E-state index in [2.05, 4.69) is 9.97 Å². The Morgan fingerprint density at radius 1 is 1.28 bits per heavy atom. The number of carbonyl (C=O) groups excluding carboxylic acids is 1. The predicted molar refractivity (Wildman–Crippen MR) is 70.1 cm³/mol.